The number of hydrogen-bond donors (Lipinski definition) is 1. The Balaban J connectivity index is 2.41. The highest BCUT2D eigenvalue weighted by atomic mass is 35.5. The van der Waals surface area contributed by atoms with E-state index in [4.69, 9.17) is 17.3 Å². The topological polar surface area (TPSA) is 102 Å². The molecule has 1 saturated heterocycles. The van der Waals surface area contributed by atoms with Crippen LogP contribution in [0.3, 0.4) is 0 Å². The fourth-order valence-corrected chi connectivity index (χ4v) is 3.45. The van der Waals surface area contributed by atoms with Gasteiger partial charge < -0.3 is 10.6 Å². The van der Waals surface area contributed by atoms with Gasteiger partial charge in [0, 0.05) is 23.4 Å². The lowest BCUT2D eigenvalue weighted by Crippen LogP contribution is -2.31. The van der Waals surface area contributed by atoms with Crippen LogP contribution in [-0.4, -0.2) is 34.3 Å². The Labute approximate surface area is 143 Å². The maximum atomic E-state index is 11.5. The average Bonchev–Trinajstić information content (AvgIpc) is 2.94. The van der Waals surface area contributed by atoms with Gasteiger partial charge >= 0.3 is 0 Å². The number of carbonyl (C=O) groups excluding carboxylic acids is 1. The summed E-state index contributed by atoms with van der Waals surface area (Å²) in [6, 6.07) is 3.77. The lowest BCUT2D eigenvalue weighted by Gasteiger charge is -2.19. The number of hydrogen-bond acceptors (Lipinski definition) is 5. The number of benzene rings is 1. The Bertz CT molecular complexity index is 653. The molecule has 9 heteroatoms. The lowest BCUT2D eigenvalue weighted by atomic mass is 10.2. The van der Waals surface area contributed by atoms with Crippen molar-refractivity contribution in [2.45, 2.75) is 25.8 Å². The maximum Gasteiger partial charge on any atom is 0.293 e. The van der Waals surface area contributed by atoms with E-state index >= 15 is 0 Å². The molecule has 0 spiro atoms. The molecule has 0 saturated carbocycles. The van der Waals surface area contributed by atoms with Gasteiger partial charge in [0.2, 0.25) is 5.91 Å². The van der Waals surface area contributed by atoms with E-state index in [1.807, 2.05) is 6.92 Å². The molecular weight excluding hydrogens is 340 g/mol. The van der Waals surface area contributed by atoms with Crippen LogP contribution < -0.4 is 10.6 Å². The number of primary amides is 1. The second-order valence-electron chi connectivity index (χ2n) is 5.01. The number of nitrogens with two attached hydrogens (primary N) is 1. The Morgan fingerprint density at radius 3 is 2.96 bits per heavy atom. The Morgan fingerprint density at radius 2 is 2.35 bits per heavy atom. The number of amides is 1. The Hall–Kier alpha value is -1.80. The number of halogens is 1. The number of anilines is 1. The molecular formula is C14H17ClN4O3S. The van der Waals surface area contributed by atoms with E-state index in [1.54, 1.807) is 11.0 Å². The van der Waals surface area contributed by atoms with Crippen molar-refractivity contribution >= 4 is 45.8 Å². The number of thioether (sulfide) groups is 1. The van der Waals surface area contributed by atoms with Gasteiger partial charge in [-0.3, -0.25) is 14.9 Å². The highest BCUT2D eigenvalue weighted by Gasteiger charge is 2.29. The van der Waals surface area contributed by atoms with Crippen LogP contribution >= 0.6 is 23.4 Å². The predicted molar refractivity (Wildman–Crippen MR) is 93.2 cm³/mol. The molecule has 2 rings (SSSR count). The van der Waals surface area contributed by atoms with Gasteiger partial charge in [0.25, 0.3) is 5.69 Å². The molecule has 0 bridgehead atoms. The third-order valence-corrected chi connectivity index (χ3v) is 4.56. The van der Waals surface area contributed by atoms with E-state index in [0.717, 1.165) is 12.2 Å². The normalized spacial score (nSPS) is 17.5. The van der Waals surface area contributed by atoms with E-state index in [1.165, 1.54) is 23.9 Å². The van der Waals surface area contributed by atoms with Gasteiger partial charge in [-0.15, -0.1) is 0 Å². The summed E-state index contributed by atoms with van der Waals surface area (Å²) in [5, 5.41) is 12.2. The molecule has 0 aliphatic carbocycles. The molecule has 7 nitrogen and oxygen atoms in total. The highest BCUT2D eigenvalue weighted by molar-refractivity contribution is 8.14. The van der Waals surface area contributed by atoms with Gasteiger partial charge in [-0.05, 0) is 18.6 Å². The summed E-state index contributed by atoms with van der Waals surface area (Å²) in [6.45, 7) is 2.50. The van der Waals surface area contributed by atoms with E-state index < -0.39 is 16.9 Å². The molecule has 1 atom stereocenters. The summed E-state index contributed by atoms with van der Waals surface area (Å²) >= 11 is 7.43. The molecule has 2 N–H and O–H groups in total. The second kappa shape index (κ2) is 7.65. The first-order chi connectivity index (χ1) is 10.9. The first-order valence-electron chi connectivity index (χ1n) is 7.15. The molecule has 0 aromatic heterocycles. The van der Waals surface area contributed by atoms with Crippen LogP contribution in [0.1, 0.15) is 19.8 Å². The zero-order valence-corrected chi connectivity index (χ0v) is 14.1. The quantitative estimate of drug-likeness (QED) is 0.623. The molecule has 1 aromatic carbocycles. The van der Waals surface area contributed by atoms with E-state index in [-0.39, 0.29) is 5.69 Å². The van der Waals surface area contributed by atoms with E-state index in [9.17, 15) is 14.9 Å². The van der Waals surface area contributed by atoms with Gasteiger partial charge in [-0.25, -0.2) is 4.99 Å². The van der Waals surface area contributed by atoms with Gasteiger partial charge in [0.15, 0.2) is 5.17 Å². The van der Waals surface area contributed by atoms with E-state index in [0.29, 0.717) is 28.8 Å². The molecule has 1 amide bonds. The van der Waals surface area contributed by atoms with E-state index in [2.05, 4.69) is 4.99 Å². The minimum atomic E-state index is -0.624. The van der Waals surface area contributed by atoms with Crippen LogP contribution in [0.4, 0.5) is 11.4 Å². The second-order valence-corrected chi connectivity index (χ2v) is 6.51. The number of carbonyl (C=O) groups is 1. The van der Waals surface area contributed by atoms with Crippen LogP contribution in [0.2, 0.25) is 5.02 Å². The molecule has 1 heterocycles. The summed E-state index contributed by atoms with van der Waals surface area (Å²) in [6.07, 6.45) is 1.32. The average molecular weight is 357 g/mol. The van der Waals surface area contributed by atoms with Gasteiger partial charge in [-0.1, -0.05) is 36.7 Å². The van der Waals surface area contributed by atoms with Crippen molar-refractivity contribution in [2.24, 2.45) is 10.7 Å². The summed E-state index contributed by atoms with van der Waals surface area (Å²) in [5.74, 6) is 0.229. The highest BCUT2D eigenvalue weighted by Crippen LogP contribution is 2.35. The zero-order chi connectivity index (χ0) is 17.0. The van der Waals surface area contributed by atoms with Crippen molar-refractivity contribution in [1.82, 2.24) is 0 Å². The fraction of sp³-hybridized carbons (Fsp3) is 0.429. The van der Waals surface area contributed by atoms with Crippen LogP contribution in [0.5, 0.6) is 0 Å². The van der Waals surface area contributed by atoms with Crippen LogP contribution in [0.25, 0.3) is 0 Å². The van der Waals surface area contributed by atoms with Crippen LogP contribution in [0.15, 0.2) is 23.2 Å². The summed E-state index contributed by atoms with van der Waals surface area (Å²) in [7, 11) is 0. The van der Waals surface area contributed by atoms with Gasteiger partial charge in [-0.2, -0.15) is 0 Å². The van der Waals surface area contributed by atoms with Crippen LogP contribution in [-0.2, 0) is 4.79 Å². The zero-order valence-electron chi connectivity index (χ0n) is 12.6. The SMILES string of the molecule is CCCC(N=C1SCCN1c1cc(Cl)ccc1[N+](=O)[O-])C(N)=O. The standard InChI is InChI=1S/C14H17ClN4O3S/c1-2-3-10(13(16)20)17-14-18(6-7-23-14)12-8-9(15)4-5-11(12)19(21)22/h4-5,8,10H,2-3,6-7H2,1H3,(H2,16,20). The maximum absolute atomic E-state index is 11.5. The number of nitro benzene ring substituents is 1. The van der Waals surface area contributed by atoms with Crippen molar-refractivity contribution in [2.75, 3.05) is 17.2 Å². The Morgan fingerprint density at radius 1 is 1.61 bits per heavy atom. The molecule has 1 unspecified atom stereocenters. The molecule has 124 valence electrons. The summed E-state index contributed by atoms with van der Waals surface area (Å²) in [4.78, 5) is 28.4. The van der Waals surface area contributed by atoms with Crippen molar-refractivity contribution in [3.8, 4) is 0 Å². The van der Waals surface area contributed by atoms with Gasteiger partial charge in [0.1, 0.15) is 11.7 Å². The monoisotopic (exact) mass is 356 g/mol. The lowest BCUT2D eigenvalue weighted by molar-refractivity contribution is -0.384. The molecule has 1 fully saturated rings. The number of amidine groups is 1. The minimum Gasteiger partial charge on any atom is -0.368 e. The third kappa shape index (κ3) is 4.14. The summed E-state index contributed by atoms with van der Waals surface area (Å²) in [5.41, 5.74) is 5.72. The molecule has 1 aliphatic heterocycles. The third-order valence-electron chi connectivity index (χ3n) is 3.36. The first-order valence-corrected chi connectivity index (χ1v) is 8.51. The fourth-order valence-electron chi connectivity index (χ4n) is 2.28. The number of aliphatic imine (C=N–C) groups is 1. The largest absolute Gasteiger partial charge is 0.368 e. The molecule has 1 aromatic rings. The molecule has 0 radical (unpaired) electrons. The smallest absolute Gasteiger partial charge is 0.293 e. The molecule has 23 heavy (non-hydrogen) atoms. The first kappa shape index (κ1) is 17.6. The van der Waals surface area contributed by atoms with Crippen molar-refractivity contribution in [3.05, 3.63) is 33.3 Å². The summed E-state index contributed by atoms with van der Waals surface area (Å²) < 4.78 is 0. The minimum absolute atomic E-state index is 0.0456. The number of nitrogens with zero attached hydrogens (tertiary/aromatic N) is 3. The Kier molecular flexibility index (Phi) is 5.84. The molecule has 1 aliphatic rings. The number of rotatable bonds is 6. The van der Waals surface area contributed by atoms with Crippen molar-refractivity contribution in [1.29, 1.82) is 0 Å². The van der Waals surface area contributed by atoms with Gasteiger partial charge in [0.05, 0.1) is 4.92 Å². The van der Waals surface area contributed by atoms with Crippen molar-refractivity contribution < 1.29 is 9.72 Å². The van der Waals surface area contributed by atoms with Crippen LogP contribution in [0, 0.1) is 10.1 Å². The van der Waals surface area contributed by atoms with Crippen molar-refractivity contribution in [3.63, 3.8) is 0 Å². The predicted octanol–water partition coefficient (Wildman–Crippen LogP) is 2.81. The number of nitro groups is 1.